The fourth-order valence-electron chi connectivity index (χ4n) is 11.3. The van der Waals surface area contributed by atoms with E-state index in [9.17, 15) is 29.4 Å². The number of methoxy groups -OCH3 is 3. The van der Waals surface area contributed by atoms with Crippen LogP contribution in [-0.2, 0) is 61.8 Å². The molecule has 1 saturated carbocycles. The van der Waals surface area contributed by atoms with Gasteiger partial charge < -0.3 is 62.9 Å². The molecule has 1 amide bonds. The molecule has 4 rings (SSSR count). The van der Waals surface area contributed by atoms with Crippen LogP contribution in [0, 0.1) is 35.5 Å². The lowest BCUT2D eigenvalue weighted by atomic mass is 9.78. The number of carbonyl (C=O) groups is 4. The van der Waals surface area contributed by atoms with Gasteiger partial charge in [0.1, 0.15) is 24.4 Å². The minimum absolute atomic E-state index is 0.0193. The molecule has 434 valence electrons. The quantitative estimate of drug-likeness (QED) is 0.0542. The summed E-state index contributed by atoms with van der Waals surface area (Å²) in [6, 6.07) is -1.04. The van der Waals surface area contributed by atoms with E-state index in [2.05, 4.69) is 6.92 Å². The normalized spacial score (nSPS) is 36.3. The lowest BCUT2D eigenvalue weighted by Gasteiger charge is -2.42. The van der Waals surface area contributed by atoms with Crippen LogP contribution in [0.1, 0.15) is 132 Å². The van der Waals surface area contributed by atoms with Crippen molar-refractivity contribution in [3.8, 4) is 0 Å². The fraction of sp³-hybridized carbons (Fsp3) is 0.797. The average Bonchev–Trinajstić information content (AvgIpc) is 3.41. The SMILES string of the molecule is COC1CC2CCC(C)C(O)(O2)C(=O)C(=O)N2CCCCC2C(=O)OC(C(C)CC2CCC(OCCOCCOCCOCCO)C(OC)C2)CCC(C)/C=C(\C)C(O)C(OC)C(=O)C(C)CC(C)/C=C/C=C/C=C/1C. The molecule has 1 aliphatic carbocycles. The van der Waals surface area contributed by atoms with Gasteiger partial charge in [-0.3, -0.25) is 14.4 Å². The van der Waals surface area contributed by atoms with Crippen molar-refractivity contribution in [2.45, 2.75) is 186 Å². The van der Waals surface area contributed by atoms with Crippen LogP contribution in [0.3, 0.4) is 0 Å². The lowest BCUT2D eigenvalue weighted by molar-refractivity contribution is -0.265. The van der Waals surface area contributed by atoms with Crippen molar-refractivity contribution in [1.82, 2.24) is 4.90 Å². The van der Waals surface area contributed by atoms with Gasteiger partial charge in [0.05, 0.1) is 77.3 Å². The van der Waals surface area contributed by atoms with Gasteiger partial charge >= 0.3 is 5.97 Å². The van der Waals surface area contributed by atoms with Crippen LogP contribution in [0.2, 0.25) is 0 Å². The number of nitrogens with zero attached hydrogens (tertiary/aromatic N) is 1. The summed E-state index contributed by atoms with van der Waals surface area (Å²) in [6.07, 6.45) is 15.2. The highest BCUT2D eigenvalue weighted by molar-refractivity contribution is 6.39. The minimum atomic E-state index is -2.40. The molecule has 17 heteroatoms. The molecule has 0 radical (unpaired) electrons. The van der Waals surface area contributed by atoms with Gasteiger partial charge in [0.25, 0.3) is 11.7 Å². The van der Waals surface area contributed by atoms with Gasteiger partial charge in [-0.15, -0.1) is 0 Å². The lowest BCUT2D eigenvalue weighted by Crippen LogP contribution is -2.61. The molecule has 2 saturated heterocycles. The third-order valence-corrected chi connectivity index (χ3v) is 16.0. The molecule has 76 heavy (non-hydrogen) atoms. The number of carbonyl (C=O) groups excluding carboxylic acids is 4. The Kier molecular flexibility index (Phi) is 29.3. The molecule has 3 heterocycles. The molecule has 15 unspecified atom stereocenters. The predicted octanol–water partition coefficient (Wildman–Crippen LogP) is 7.07. The molecule has 3 aliphatic heterocycles. The number of Topliss-reactive ketones (excluding diaryl/α,β-unsaturated/α-hetero) is 2. The molecule has 0 aromatic heterocycles. The highest BCUT2D eigenvalue weighted by Gasteiger charge is 2.53. The van der Waals surface area contributed by atoms with Crippen LogP contribution in [0.25, 0.3) is 0 Å². The first-order chi connectivity index (χ1) is 36.4. The number of esters is 1. The molecule has 3 fully saturated rings. The van der Waals surface area contributed by atoms with Gasteiger partial charge in [0, 0.05) is 46.1 Å². The maximum atomic E-state index is 14.6. The van der Waals surface area contributed by atoms with Crippen molar-refractivity contribution < 1.29 is 77.1 Å². The van der Waals surface area contributed by atoms with E-state index in [1.54, 1.807) is 28.1 Å². The molecular weight excluding hydrogens is 979 g/mol. The molecule has 0 aromatic carbocycles. The number of aliphatic hydroxyl groups excluding tert-OH is 2. The number of ether oxygens (including phenoxy) is 9. The molecule has 4 aliphatic rings. The van der Waals surface area contributed by atoms with E-state index in [-0.39, 0.29) is 67.3 Å². The number of piperidine rings is 1. The van der Waals surface area contributed by atoms with Gasteiger partial charge in [-0.2, -0.15) is 0 Å². The van der Waals surface area contributed by atoms with Crippen LogP contribution in [0.15, 0.2) is 47.6 Å². The zero-order valence-corrected chi connectivity index (χ0v) is 47.7. The number of hydrogen-bond donors (Lipinski definition) is 3. The predicted molar refractivity (Wildman–Crippen MR) is 288 cm³/mol. The third-order valence-electron chi connectivity index (χ3n) is 16.0. The fourth-order valence-corrected chi connectivity index (χ4v) is 11.3. The summed E-state index contributed by atoms with van der Waals surface area (Å²) >= 11 is 0. The number of amides is 1. The average molecular weight is 1080 g/mol. The first kappa shape index (κ1) is 65.3. The Bertz CT molecular complexity index is 1890. The monoisotopic (exact) mass is 1080 g/mol. The highest BCUT2D eigenvalue weighted by Crippen LogP contribution is 2.38. The van der Waals surface area contributed by atoms with E-state index >= 15 is 0 Å². The Morgan fingerprint density at radius 1 is 0.737 bits per heavy atom. The van der Waals surface area contributed by atoms with E-state index in [4.69, 9.17) is 47.7 Å². The zero-order chi connectivity index (χ0) is 55.8. The van der Waals surface area contributed by atoms with Crippen molar-refractivity contribution in [3.63, 3.8) is 0 Å². The Balaban J connectivity index is 1.56. The molecule has 15 atom stereocenters. The van der Waals surface area contributed by atoms with E-state index in [0.29, 0.717) is 103 Å². The number of cyclic esters (lactones) is 1. The molecule has 2 bridgehead atoms. The number of aliphatic hydroxyl groups is 3. The summed E-state index contributed by atoms with van der Waals surface area (Å²) in [7, 11) is 4.74. The summed E-state index contributed by atoms with van der Waals surface area (Å²) in [5.41, 5.74) is 1.50. The number of fused-ring (bicyclic) bond motifs is 3. The summed E-state index contributed by atoms with van der Waals surface area (Å²) < 4.78 is 52.9. The smallest absolute Gasteiger partial charge is 0.329 e. The van der Waals surface area contributed by atoms with Gasteiger partial charge in [-0.05, 0) is 126 Å². The van der Waals surface area contributed by atoms with E-state index in [1.807, 2.05) is 64.2 Å². The van der Waals surface area contributed by atoms with Crippen LogP contribution in [0.4, 0.5) is 0 Å². The second-order valence-electron chi connectivity index (χ2n) is 22.1. The Morgan fingerprint density at radius 3 is 2.11 bits per heavy atom. The largest absolute Gasteiger partial charge is 0.461 e. The van der Waals surface area contributed by atoms with Crippen molar-refractivity contribution >= 4 is 23.4 Å². The van der Waals surface area contributed by atoms with Crippen molar-refractivity contribution in [2.24, 2.45) is 35.5 Å². The van der Waals surface area contributed by atoms with Crippen molar-refractivity contribution in [1.29, 1.82) is 0 Å². The van der Waals surface area contributed by atoms with Gasteiger partial charge in [-0.25, -0.2) is 4.79 Å². The van der Waals surface area contributed by atoms with Crippen LogP contribution in [-0.4, -0.2) is 179 Å². The maximum absolute atomic E-state index is 14.6. The second kappa shape index (κ2) is 34.1. The van der Waals surface area contributed by atoms with Crippen LogP contribution in [0.5, 0.6) is 0 Å². The Labute approximate surface area is 454 Å². The number of ketones is 2. The van der Waals surface area contributed by atoms with Crippen LogP contribution >= 0.6 is 0 Å². The van der Waals surface area contributed by atoms with Gasteiger partial charge in [0.15, 0.2) is 5.78 Å². The third kappa shape index (κ3) is 20.2. The maximum Gasteiger partial charge on any atom is 0.329 e. The Morgan fingerprint density at radius 2 is 1.43 bits per heavy atom. The van der Waals surface area contributed by atoms with Crippen molar-refractivity contribution in [3.05, 3.63) is 47.6 Å². The first-order valence-electron chi connectivity index (χ1n) is 28.3. The standard InChI is InChI=1S/C59H97NO16/c1-39-16-12-11-13-17-41(3)51(68-8)38-47-22-20-45(7)59(67,76-47)56(64)57(65)60-25-15-14-18-48(60)58(66)75-49(23-19-40(2)35-44(6)54(63)55(70-10)53(62)43(5)34-39)42(4)36-46-21-24-50(52(37-46)69-9)74-33-32-73-31-30-72-29-28-71-27-26-61/h11-13,16-17,35,39-40,42-43,45-52,54-55,61,63,67H,14-15,18-34,36-38H2,1-10H3/b13-11+,16-12+,41-17+,44-35+. The first-order valence-corrected chi connectivity index (χ1v) is 28.3. The van der Waals surface area contributed by atoms with Crippen molar-refractivity contribution in [2.75, 3.05) is 80.7 Å². The number of allylic oxidation sites excluding steroid dienone is 6. The van der Waals surface area contributed by atoms with Crippen LogP contribution < -0.4 is 0 Å². The summed E-state index contributed by atoms with van der Waals surface area (Å²) in [4.78, 5) is 58.4. The number of rotatable bonds is 18. The summed E-state index contributed by atoms with van der Waals surface area (Å²) in [5.74, 6) is -6.18. The minimum Gasteiger partial charge on any atom is -0.461 e. The van der Waals surface area contributed by atoms with Gasteiger partial charge in [0.2, 0.25) is 5.79 Å². The Hall–Kier alpha value is -3.20. The van der Waals surface area contributed by atoms with Gasteiger partial charge in [-0.1, -0.05) is 71.1 Å². The summed E-state index contributed by atoms with van der Waals surface area (Å²) in [6.45, 7) is 16.4. The topological polar surface area (TPSA) is 215 Å². The van der Waals surface area contributed by atoms with E-state index in [1.165, 1.54) is 12.0 Å². The zero-order valence-electron chi connectivity index (χ0n) is 47.7. The second-order valence-corrected chi connectivity index (χ2v) is 22.1. The summed E-state index contributed by atoms with van der Waals surface area (Å²) in [5, 5.41) is 32.4. The molecule has 0 spiro atoms. The highest BCUT2D eigenvalue weighted by atomic mass is 16.6. The molecular formula is C59H97NO16. The number of hydrogen-bond acceptors (Lipinski definition) is 16. The van der Waals surface area contributed by atoms with E-state index < -0.39 is 65.9 Å². The molecule has 3 N–H and O–H groups in total. The molecule has 17 nitrogen and oxygen atoms in total. The van der Waals surface area contributed by atoms with E-state index in [0.717, 1.165) is 31.3 Å². The molecule has 0 aromatic rings.